The van der Waals surface area contributed by atoms with Crippen molar-refractivity contribution in [2.45, 2.75) is 83.1 Å². The summed E-state index contributed by atoms with van der Waals surface area (Å²) in [6.45, 7) is 12.1. The second-order valence-electron chi connectivity index (χ2n) is 14.9. The maximum absolute atomic E-state index is 2.77. The van der Waals surface area contributed by atoms with E-state index < -0.39 is 0 Å². The van der Waals surface area contributed by atoms with E-state index >= 15 is 0 Å². The first-order valence-electron chi connectivity index (χ1n) is 17.5. The van der Waals surface area contributed by atoms with Gasteiger partial charge in [-0.1, -0.05) is 77.4 Å². The van der Waals surface area contributed by atoms with Crippen LogP contribution in [0.1, 0.15) is 93.8 Å². The van der Waals surface area contributed by atoms with Gasteiger partial charge in [0.05, 0.1) is 16.3 Å². The zero-order valence-electron chi connectivity index (χ0n) is 28.5. The summed E-state index contributed by atoms with van der Waals surface area (Å²) in [7, 11) is 4.29. The smallest absolute Gasteiger partial charge is 0.222 e. The third-order valence-corrected chi connectivity index (χ3v) is 12.4. The first-order valence-corrected chi connectivity index (χ1v) is 17.5. The maximum atomic E-state index is 2.77. The van der Waals surface area contributed by atoms with Crippen molar-refractivity contribution in [3.8, 4) is 11.3 Å². The molecule has 2 atom stereocenters. The van der Waals surface area contributed by atoms with Gasteiger partial charge in [-0.2, -0.15) is 8.97 Å². The Labute approximate surface area is 273 Å². The third kappa shape index (κ3) is 2.97. The third-order valence-electron chi connectivity index (χ3n) is 12.4. The van der Waals surface area contributed by atoms with Gasteiger partial charge >= 0.3 is 0 Å². The van der Waals surface area contributed by atoms with Crippen molar-refractivity contribution in [1.29, 1.82) is 0 Å². The highest BCUT2D eigenvalue weighted by molar-refractivity contribution is 6.04. The fraction of sp³-hybridized carbons (Fsp3) is 0.349. The largest absolute Gasteiger partial charge is 0.378 e. The topological polar surface area (TPSA) is 11.2 Å². The molecule has 0 radical (unpaired) electrons. The van der Waals surface area contributed by atoms with Crippen LogP contribution in [0.25, 0.3) is 38.3 Å². The lowest BCUT2D eigenvalue weighted by atomic mass is 9.44. The minimum Gasteiger partial charge on any atom is -0.378 e. The highest BCUT2D eigenvalue weighted by Gasteiger charge is 2.78. The van der Waals surface area contributed by atoms with E-state index in [1.807, 2.05) is 0 Å². The lowest BCUT2D eigenvalue weighted by molar-refractivity contribution is -0.768. The molecule has 3 aliphatic rings. The van der Waals surface area contributed by atoms with Crippen LogP contribution in [0.3, 0.4) is 0 Å². The molecule has 6 aromatic rings. The predicted octanol–water partition coefficient (Wildman–Crippen LogP) is 8.91. The summed E-state index contributed by atoms with van der Waals surface area (Å²) in [4.78, 5) is 2.22. The molecule has 230 valence electrons. The van der Waals surface area contributed by atoms with Gasteiger partial charge in [-0.05, 0) is 65.1 Å². The van der Waals surface area contributed by atoms with Crippen molar-refractivity contribution in [3.63, 3.8) is 0 Å². The number of hydrogen-bond donors (Lipinski definition) is 0. The second-order valence-corrected chi connectivity index (χ2v) is 14.9. The lowest BCUT2D eigenvalue weighted by Gasteiger charge is -2.56. The van der Waals surface area contributed by atoms with Gasteiger partial charge in [-0.15, -0.1) is 0 Å². The van der Waals surface area contributed by atoms with Crippen LogP contribution in [0.4, 0.5) is 5.69 Å². The molecule has 0 fully saturated rings. The Morgan fingerprint density at radius 2 is 1.59 bits per heavy atom. The van der Waals surface area contributed by atoms with Crippen molar-refractivity contribution in [2.75, 3.05) is 19.0 Å². The minimum atomic E-state index is -0.208. The van der Waals surface area contributed by atoms with Crippen LogP contribution in [0.15, 0.2) is 85.2 Å². The number of benzene rings is 3. The Kier molecular flexibility index (Phi) is 5.59. The Hall–Kier alpha value is -4.24. The molecule has 0 spiro atoms. The van der Waals surface area contributed by atoms with Crippen molar-refractivity contribution >= 4 is 32.7 Å². The highest BCUT2D eigenvalue weighted by atomic mass is 15.2. The van der Waals surface area contributed by atoms with Crippen LogP contribution in [0, 0.1) is 0 Å². The molecule has 2 unspecified atom stereocenters. The minimum absolute atomic E-state index is 0.0904. The van der Waals surface area contributed by atoms with Crippen molar-refractivity contribution in [3.05, 3.63) is 119 Å². The van der Waals surface area contributed by atoms with Crippen LogP contribution >= 0.6 is 0 Å². The average Bonchev–Trinajstić information content (AvgIpc) is 3.06. The molecular weight excluding hydrogens is 558 g/mol. The molecule has 0 saturated carbocycles. The number of nitrogens with zero attached hydrogens (tertiary/aromatic N) is 3. The summed E-state index contributed by atoms with van der Waals surface area (Å²) in [5.41, 5.74) is 13.9. The van der Waals surface area contributed by atoms with Gasteiger partial charge in [-0.25, -0.2) is 0 Å². The monoisotopic (exact) mass is 603 g/mol. The molecule has 3 nitrogen and oxygen atoms in total. The number of pyridine rings is 3. The number of unbranched alkanes of at least 4 members (excludes halogenated alkanes) is 1. The molecule has 9 rings (SSSR count). The molecule has 46 heavy (non-hydrogen) atoms. The number of fused-ring (bicyclic) bond motifs is 11. The van der Waals surface area contributed by atoms with Gasteiger partial charge < -0.3 is 4.90 Å². The summed E-state index contributed by atoms with van der Waals surface area (Å²) < 4.78 is 5.33. The standard InChI is InChI=1S/C43H45N3/c1-8-11-15-27-24-28-21-23-46-39-36(28)34(25-27)41(4,5)32-16-14-17-33(37(32)39)42(9-2)40-38(43(42,46)10-3)30-20-19-29(44(6)7)26-31(30)35-18-12-13-22-45(35)40/h12-14,16-26H,8-11,15H2,1-7H3/q+2. The summed E-state index contributed by atoms with van der Waals surface area (Å²) in [6, 6.07) is 28.7. The van der Waals surface area contributed by atoms with E-state index in [9.17, 15) is 0 Å². The highest BCUT2D eigenvalue weighted by Crippen LogP contribution is 2.67. The first-order chi connectivity index (χ1) is 22.3. The van der Waals surface area contributed by atoms with Crippen LogP contribution in [0.2, 0.25) is 0 Å². The van der Waals surface area contributed by atoms with Gasteiger partial charge in [0.25, 0.3) is 0 Å². The second kappa shape index (κ2) is 9.18. The Morgan fingerprint density at radius 1 is 0.761 bits per heavy atom. The van der Waals surface area contributed by atoms with E-state index in [4.69, 9.17) is 0 Å². The number of anilines is 1. The number of hydrogen-bond acceptors (Lipinski definition) is 1. The Balaban J connectivity index is 1.50. The van der Waals surface area contributed by atoms with E-state index in [-0.39, 0.29) is 16.4 Å². The van der Waals surface area contributed by atoms with Crippen LogP contribution in [0.5, 0.6) is 0 Å². The van der Waals surface area contributed by atoms with Gasteiger partial charge in [0.15, 0.2) is 17.8 Å². The van der Waals surface area contributed by atoms with E-state index in [1.165, 1.54) is 90.4 Å². The molecular formula is C43H45N3+2. The molecule has 0 N–H and O–H groups in total. The van der Waals surface area contributed by atoms with Crippen LogP contribution in [-0.4, -0.2) is 14.1 Å². The summed E-state index contributed by atoms with van der Waals surface area (Å²) in [5, 5.41) is 5.58. The van der Waals surface area contributed by atoms with Gasteiger partial charge in [-0.3, -0.25) is 0 Å². The molecule has 2 aliphatic carbocycles. The summed E-state index contributed by atoms with van der Waals surface area (Å²) >= 11 is 0. The normalized spacial score (nSPS) is 21.3. The zero-order valence-corrected chi connectivity index (χ0v) is 28.5. The van der Waals surface area contributed by atoms with E-state index in [2.05, 4.69) is 148 Å². The molecule has 4 heterocycles. The van der Waals surface area contributed by atoms with Crippen molar-refractivity contribution in [1.82, 2.24) is 0 Å². The van der Waals surface area contributed by atoms with Crippen molar-refractivity contribution in [2.24, 2.45) is 0 Å². The molecule has 0 bridgehead atoms. The fourth-order valence-corrected chi connectivity index (χ4v) is 10.4. The van der Waals surface area contributed by atoms with Crippen LogP contribution in [-0.2, 0) is 22.8 Å². The first kappa shape index (κ1) is 28.0. The quantitative estimate of drug-likeness (QED) is 0.137. The van der Waals surface area contributed by atoms with Gasteiger partial charge in [0.2, 0.25) is 22.4 Å². The Bertz CT molecular complexity index is 2290. The fourth-order valence-electron chi connectivity index (χ4n) is 10.4. The van der Waals surface area contributed by atoms with E-state index in [0.717, 1.165) is 19.3 Å². The van der Waals surface area contributed by atoms with Gasteiger partial charge in [0.1, 0.15) is 5.56 Å². The molecule has 0 saturated heterocycles. The number of aryl methyl sites for hydroxylation is 1. The molecule has 0 amide bonds. The average molecular weight is 604 g/mol. The Morgan fingerprint density at radius 3 is 2.35 bits per heavy atom. The summed E-state index contributed by atoms with van der Waals surface area (Å²) in [6.07, 6.45) is 10.4. The van der Waals surface area contributed by atoms with Crippen LogP contribution < -0.4 is 13.9 Å². The molecule has 3 heteroatoms. The van der Waals surface area contributed by atoms with Crippen molar-refractivity contribution < 1.29 is 8.97 Å². The SMILES string of the molecule is CCCCc1cc2c3c4[n+](ccc3c1)C1(CC)c3c([n+]5ccccc5c5cc(N(C)C)ccc35)C1(CC)c1cccc(c1-4)C2(C)C. The predicted molar refractivity (Wildman–Crippen MR) is 190 cm³/mol. The lowest BCUT2D eigenvalue weighted by Crippen LogP contribution is -2.79. The maximum Gasteiger partial charge on any atom is 0.222 e. The molecule has 1 aliphatic heterocycles. The summed E-state index contributed by atoms with van der Waals surface area (Å²) in [5.74, 6) is 0. The van der Waals surface area contributed by atoms with E-state index in [0.29, 0.717) is 0 Å². The van der Waals surface area contributed by atoms with Gasteiger partial charge in [0, 0.05) is 55.2 Å². The molecule has 3 aromatic heterocycles. The zero-order chi connectivity index (χ0) is 31.7. The number of aromatic nitrogens is 2. The van der Waals surface area contributed by atoms with E-state index in [1.54, 1.807) is 0 Å². The number of rotatable bonds is 6. The molecule has 3 aromatic carbocycles.